The van der Waals surface area contributed by atoms with Crippen LogP contribution < -0.4 is 15.4 Å². The number of nitrogens with zero attached hydrogens (tertiary/aromatic N) is 2. The SMILES string of the molecule is C=CCNc1nc(Nc2ccccc2OC)nc2ccccc12. The molecule has 0 unspecified atom stereocenters. The van der Waals surface area contributed by atoms with Crippen LogP contribution in [0.4, 0.5) is 17.5 Å². The minimum Gasteiger partial charge on any atom is -0.495 e. The molecule has 23 heavy (non-hydrogen) atoms. The summed E-state index contributed by atoms with van der Waals surface area (Å²) in [6, 6.07) is 15.5. The van der Waals surface area contributed by atoms with Crippen LogP contribution in [0.5, 0.6) is 5.75 Å². The van der Waals surface area contributed by atoms with Crippen LogP contribution in [0.3, 0.4) is 0 Å². The first kappa shape index (κ1) is 14.8. The van der Waals surface area contributed by atoms with E-state index in [0.29, 0.717) is 12.5 Å². The molecule has 0 saturated carbocycles. The lowest BCUT2D eigenvalue weighted by atomic mass is 10.2. The van der Waals surface area contributed by atoms with Crippen molar-refractivity contribution in [1.29, 1.82) is 0 Å². The maximum absolute atomic E-state index is 5.35. The molecule has 0 aliphatic carbocycles. The van der Waals surface area contributed by atoms with Crippen LogP contribution in [-0.4, -0.2) is 23.6 Å². The minimum absolute atomic E-state index is 0.514. The van der Waals surface area contributed by atoms with Crippen molar-refractivity contribution in [2.24, 2.45) is 0 Å². The highest BCUT2D eigenvalue weighted by atomic mass is 16.5. The third kappa shape index (κ3) is 3.23. The number of hydrogen-bond acceptors (Lipinski definition) is 5. The van der Waals surface area contributed by atoms with Crippen molar-refractivity contribution in [3.63, 3.8) is 0 Å². The molecule has 0 radical (unpaired) electrons. The minimum atomic E-state index is 0.514. The van der Waals surface area contributed by atoms with E-state index in [1.165, 1.54) is 0 Å². The van der Waals surface area contributed by atoms with E-state index >= 15 is 0 Å². The van der Waals surface area contributed by atoms with Gasteiger partial charge in [0.1, 0.15) is 11.6 Å². The molecule has 0 aliphatic heterocycles. The van der Waals surface area contributed by atoms with Gasteiger partial charge in [-0.05, 0) is 24.3 Å². The van der Waals surface area contributed by atoms with Gasteiger partial charge >= 0.3 is 0 Å². The normalized spacial score (nSPS) is 10.3. The van der Waals surface area contributed by atoms with Crippen molar-refractivity contribution in [2.45, 2.75) is 0 Å². The third-order valence-corrected chi connectivity index (χ3v) is 3.37. The van der Waals surface area contributed by atoms with Crippen LogP contribution in [0, 0.1) is 0 Å². The Hall–Kier alpha value is -3.08. The molecule has 0 atom stereocenters. The molecule has 0 fully saturated rings. The zero-order valence-corrected chi connectivity index (χ0v) is 12.9. The molecule has 0 spiro atoms. The first-order valence-electron chi connectivity index (χ1n) is 7.33. The second-order valence-electron chi connectivity index (χ2n) is 4.91. The van der Waals surface area contributed by atoms with Crippen molar-refractivity contribution in [3.8, 4) is 5.75 Å². The Morgan fingerprint density at radius 3 is 2.70 bits per heavy atom. The molecule has 1 heterocycles. The van der Waals surface area contributed by atoms with E-state index in [9.17, 15) is 0 Å². The summed E-state index contributed by atoms with van der Waals surface area (Å²) in [6.07, 6.45) is 1.80. The standard InChI is InChI=1S/C18H18N4O/c1-3-12-19-17-13-8-4-5-9-14(13)20-18(22-17)21-15-10-6-7-11-16(15)23-2/h3-11H,1,12H2,2H3,(H2,19,20,21,22). The van der Waals surface area contributed by atoms with Crippen molar-refractivity contribution in [3.05, 3.63) is 61.2 Å². The number of anilines is 3. The van der Waals surface area contributed by atoms with Gasteiger partial charge in [-0.3, -0.25) is 0 Å². The highest BCUT2D eigenvalue weighted by molar-refractivity contribution is 5.90. The number of aromatic nitrogens is 2. The molecular weight excluding hydrogens is 288 g/mol. The fraction of sp³-hybridized carbons (Fsp3) is 0.111. The summed E-state index contributed by atoms with van der Waals surface area (Å²) in [5.74, 6) is 2.03. The number of methoxy groups -OCH3 is 1. The summed E-state index contributed by atoms with van der Waals surface area (Å²) in [6.45, 7) is 4.36. The first-order valence-corrected chi connectivity index (χ1v) is 7.33. The summed E-state index contributed by atoms with van der Waals surface area (Å²) in [5, 5.41) is 7.44. The Labute approximate surface area is 135 Å². The van der Waals surface area contributed by atoms with Crippen LogP contribution in [0.2, 0.25) is 0 Å². The van der Waals surface area contributed by atoms with Gasteiger partial charge in [-0.15, -0.1) is 6.58 Å². The zero-order chi connectivity index (χ0) is 16.1. The van der Waals surface area contributed by atoms with Crippen molar-refractivity contribution >= 4 is 28.4 Å². The van der Waals surface area contributed by atoms with Crippen LogP contribution in [0.1, 0.15) is 0 Å². The number of fused-ring (bicyclic) bond motifs is 1. The van der Waals surface area contributed by atoms with Gasteiger partial charge in [0.25, 0.3) is 0 Å². The number of para-hydroxylation sites is 3. The Kier molecular flexibility index (Phi) is 4.38. The van der Waals surface area contributed by atoms with Gasteiger partial charge in [0.15, 0.2) is 0 Å². The molecule has 5 heteroatoms. The smallest absolute Gasteiger partial charge is 0.229 e. The predicted octanol–water partition coefficient (Wildman–Crippen LogP) is 3.98. The van der Waals surface area contributed by atoms with Crippen LogP contribution >= 0.6 is 0 Å². The average Bonchev–Trinajstić information content (AvgIpc) is 2.60. The van der Waals surface area contributed by atoms with Gasteiger partial charge < -0.3 is 15.4 Å². The number of nitrogens with one attached hydrogen (secondary N) is 2. The second-order valence-corrected chi connectivity index (χ2v) is 4.91. The zero-order valence-electron chi connectivity index (χ0n) is 12.9. The van der Waals surface area contributed by atoms with E-state index in [4.69, 9.17) is 4.74 Å². The molecule has 5 nitrogen and oxygen atoms in total. The molecule has 3 aromatic rings. The second kappa shape index (κ2) is 6.79. The topological polar surface area (TPSA) is 59.1 Å². The van der Waals surface area contributed by atoms with E-state index < -0.39 is 0 Å². The summed E-state index contributed by atoms with van der Waals surface area (Å²) in [5.41, 5.74) is 1.69. The lowest BCUT2D eigenvalue weighted by molar-refractivity contribution is 0.417. The largest absolute Gasteiger partial charge is 0.495 e. The maximum atomic E-state index is 5.35. The summed E-state index contributed by atoms with van der Waals surface area (Å²) in [7, 11) is 1.64. The monoisotopic (exact) mass is 306 g/mol. The van der Waals surface area contributed by atoms with Crippen molar-refractivity contribution in [2.75, 3.05) is 24.3 Å². The number of ether oxygens (including phenoxy) is 1. The number of rotatable bonds is 6. The van der Waals surface area contributed by atoms with Gasteiger partial charge in [0, 0.05) is 11.9 Å². The predicted molar refractivity (Wildman–Crippen MR) is 94.5 cm³/mol. The molecule has 1 aromatic heterocycles. The third-order valence-electron chi connectivity index (χ3n) is 3.37. The highest BCUT2D eigenvalue weighted by Crippen LogP contribution is 2.28. The summed E-state index contributed by atoms with van der Waals surface area (Å²) >= 11 is 0. The highest BCUT2D eigenvalue weighted by Gasteiger charge is 2.09. The van der Waals surface area contributed by atoms with Crippen LogP contribution in [-0.2, 0) is 0 Å². The van der Waals surface area contributed by atoms with Gasteiger partial charge in [0.05, 0.1) is 18.3 Å². The Morgan fingerprint density at radius 1 is 1.09 bits per heavy atom. The molecule has 116 valence electrons. The average molecular weight is 306 g/mol. The van der Waals surface area contributed by atoms with Crippen molar-refractivity contribution < 1.29 is 4.74 Å². The van der Waals surface area contributed by atoms with E-state index in [1.54, 1.807) is 13.2 Å². The van der Waals surface area contributed by atoms with Gasteiger partial charge in [-0.25, -0.2) is 4.98 Å². The lowest BCUT2D eigenvalue weighted by Crippen LogP contribution is -2.05. The molecular formula is C18H18N4O. The van der Waals surface area contributed by atoms with Crippen molar-refractivity contribution in [1.82, 2.24) is 9.97 Å². The molecule has 2 aromatic carbocycles. The fourth-order valence-electron chi connectivity index (χ4n) is 2.30. The molecule has 2 N–H and O–H groups in total. The van der Waals surface area contributed by atoms with E-state index in [-0.39, 0.29) is 0 Å². The molecule has 0 saturated heterocycles. The van der Waals surface area contributed by atoms with E-state index in [2.05, 4.69) is 27.2 Å². The molecule has 0 bridgehead atoms. The lowest BCUT2D eigenvalue weighted by Gasteiger charge is -2.12. The number of hydrogen-bond donors (Lipinski definition) is 2. The van der Waals surface area contributed by atoms with Gasteiger partial charge in [-0.1, -0.05) is 30.3 Å². The maximum Gasteiger partial charge on any atom is 0.229 e. The fourth-order valence-corrected chi connectivity index (χ4v) is 2.30. The van der Waals surface area contributed by atoms with E-state index in [0.717, 1.165) is 28.2 Å². The quantitative estimate of drug-likeness (QED) is 0.675. The van der Waals surface area contributed by atoms with E-state index in [1.807, 2.05) is 48.5 Å². The van der Waals surface area contributed by atoms with Crippen LogP contribution in [0.15, 0.2) is 61.2 Å². The summed E-state index contributed by atoms with van der Waals surface area (Å²) < 4.78 is 5.35. The Bertz CT molecular complexity index is 832. The van der Waals surface area contributed by atoms with Gasteiger partial charge in [0.2, 0.25) is 5.95 Å². The molecule has 0 amide bonds. The molecule has 3 rings (SSSR count). The Balaban J connectivity index is 2.02. The summed E-state index contributed by atoms with van der Waals surface area (Å²) in [4.78, 5) is 9.14. The van der Waals surface area contributed by atoms with Gasteiger partial charge in [-0.2, -0.15) is 4.98 Å². The first-order chi connectivity index (χ1) is 11.3. The Morgan fingerprint density at radius 2 is 1.87 bits per heavy atom. The molecule has 0 aliphatic rings. The van der Waals surface area contributed by atoms with Crippen LogP contribution in [0.25, 0.3) is 10.9 Å². The number of benzene rings is 2.